The van der Waals surface area contributed by atoms with Crippen LogP contribution in [0.3, 0.4) is 0 Å². The number of methoxy groups -OCH3 is 1. The maximum Gasteiger partial charge on any atom is 0.312 e. The summed E-state index contributed by atoms with van der Waals surface area (Å²) in [5, 5.41) is 9.38. The highest BCUT2D eigenvalue weighted by Crippen LogP contribution is 2.32. The van der Waals surface area contributed by atoms with E-state index in [1.165, 1.54) is 7.11 Å². The van der Waals surface area contributed by atoms with Gasteiger partial charge in [0.25, 0.3) is 0 Å². The second kappa shape index (κ2) is 5.18. The highest BCUT2D eigenvalue weighted by Gasteiger charge is 2.20. The van der Waals surface area contributed by atoms with Gasteiger partial charge < -0.3 is 15.6 Å². The van der Waals surface area contributed by atoms with Crippen LogP contribution >= 0.6 is 11.6 Å². The third kappa shape index (κ3) is 2.46. The summed E-state index contributed by atoms with van der Waals surface area (Å²) in [6.07, 6.45) is 0. The predicted octanol–water partition coefficient (Wildman–Crippen LogP) is 1.78. The molecule has 0 radical (unpaired) electrons. The fourth-order valence-electron chi connectivity index (χ4n) is 1.60. The van der Waals surface area contributed by atoms with Gasteiger partial charge in [-0.15, -0.1) is 0 Å². The number of hydrogen-bond donors (Lipinski definition) is 2. The summed E-state index contributed by atoms with van der Waals surface area (Å²) in [6, 6.07) is 3.31. The van der Waals surface area contributed by atoms with Crippen molar-refractivity contribution in [2.45, 2.75) is 12.8 Å². The number of aryl methyl sites for hydroxylation is 1. The number of ether oxygens (including phenoxy) is 1. The Morgan fingerprint density at radius 3 is 2.62 bits per heavy atom. The van der Waals surface area contributed by atoms with Gasteiger partial charge in [0.2, 0.25) is 0 Å². The monoisotopic (exact) mass is 243 g/mol. The molecule has 0 aliphatic carbocycles. The molecule has 0 aromatic heterocycles. The van der Waals surface area contributed by atoms with Crippen molar-refractivity contribution in [3.8, 4) is 5.75 Å². The molecule has 0 heterocycles. The van der Waals surface area contributed by atoms with Crippen LogP contribution in [0.2, 0.25) is 5.02 Å². The van der Waals surface area contributed by atoms with Gasteiger partial charge >= 0.3 is 5.97 Å². The third-order valence-electron chi connectivity index (χ3n) is 2.39. The first kappa shape index (κ1) is 12.8. The van der Waals surface area contributed by atoms with E-state index in [4.69, 9.17) is 27.2 Å². The highest BCUT2D eigenvalue weighted by molar-refractivity contribution is 6.32. The van der Waals surface area contributed by atoms with Gasteiger partial charge in [0, 0.05) is 6.54 Å². The second-order valence-corrected chi connectivity index (χ2v) is 3.89. The van der Waals surface area contributed by atoms with E-state index in [9.17, 15) is 4.79 Å². The number of benzene rings is 1. The average Bonchev–Trinajstić information content (AvgIpc) is 2.17. The highest BCUT2D eigenvalue weighted by atomic mass is 35.5. The van der Waals surface area contributed by atoms with Crippen molar-refractivity contribution in [1.29, 1.82) is 0 Å². The Kier molecular flexibility index (Phi) is 4.15. The molecule has 0 amide bonds. The molecule has 3 N–H and O–H groups in total. The number of aliphatic carboxylic acids is 1. The molecule has 0 fully saturated rings. The number of rotatable bonds is 4. The fraction of sp³-hybridized carbons (Fsp3) is 0.364. The van der Waals surface area contributed by atoms with Crippen molar-refractivity contribution in [3.63, 3.8) is 0 Å². The summed E-state index contributed by atoms with van der Waals surface area (Å²) in [5.41, 5.74) is 6.81. The number of nitrogens with two attached hydrogens (primary N) is 1. The Labute approximate surface area is 99.0 Å². The van der Waals surface area contributed by atoms with Gasteiger partial charge in [-0.05, 0) is 24.1 Å². The van der Waals surface area contributed by atoms with E-state index in [-0.39, 0.29) is 6.54 Å². The Morgan fingerprint density at radius 1 is 1.62 bits per heavy atom. The van der Waals surface area contributed by atoms with E-state index >= 15 is 0 Å². The molecule has 1 aromatic carbocycles. The summed E-state index contributed by atoms with van der Waals surface area (Å²) in [5.74, 6) is -1.13. The van der Waals surface area contributed by atoms with Crippen LogP contribution < -0.4 is 10.5 Å². The Morgan fingerprint density at radius 2 is 2.25 bits per heavy atom. The maximum atomic E-state index is 11.0. The molecule has 88 valence electrons. The zero-order chi connectivity index (χ0) is 12.3. The predicted molar refractivity (Wildman–Crippen MR) is 62.2 cm³/mol. The normalized spacial score (nSPS) is 12.2. The van der Waals surface area contributed by atoms with Crippen molar-refractivity contribution >= 4 is 17.6 Å². The molecule has 1 unspecified atom stereocenters. The lowest BCUT2D eigenvalue weighted by atomic mass is 9.97. The largest absolute Gasteiger partial charge is 0.495 e. The van der Waals surface area contributed by atoms with Crippen molar-refractivity contribution in [3.05, 3.63) is 28.3 Å². The molecule has 0 bridgehead atoms. The van der Waals surface area contributed by atoms with Crippen LogP contribution in [0.15, 0.2) is 12.1 Å². The van der Waals surface area contributed by atoms with Crippen molar-refractivity contribution < 1.29 is 14.6 Å². The summed E-state index contributed by atoms with van der Waals surface area (Å²) >= 11 is 5.98. The van der Waals surface area contributed by atoms with Gasteiger partial charge in [-0.25, -0.2) is 0 Å². The van der Waals surface area contributed by atoms with Gasteiger partial charge in [-0.1, -0.05) is 17.7 Å². The van der Waals surface area contributed by atoms with Crippen LogP contribution in [0.1, 0.15) is 17.0 Å². The minimum absolute atomic E-state index is 0.0391. The summed E-state index contributed by atoms with van der Waals surface area (Å²) < 4.78 is 5.09. The lowest BCUT2D eigenvalue weighted by Gasteiger charge is -2.14. The van der Waals surface area contributed by atoms with E-state index in [0.717, 1.165) is 5.56 Å². The molecule has 0 aliphatic heterocycles. The smallest absolute Gasteiger partial charge is 0.312 e. The fourth-order valence-corrected chi connectivity index (χ4v) is 1.95. The van der Waals surface area contributed by atoms with Crippen molar-refractivity contribution in [1.82, 2.24) is 0 Å². The van der Waals surface area contributed by atoms with E-state index < -0.39 is 11.9 Å². The third-order valence-corrected chi connectivity index (χ3v) is 2.67. The zero-order valence-corrected chi connectivity index (χ0v) is 9.91. The topological polar surface area (TPSA) is 72.5 Å². The molecule has 0 saturated carbocycles. The average molecular weight is 244 g/mol. The number of carboxylic acid groups (broad SMARTS) is 1. The van der Waals surface area contributed by atoms with Crippen LogP contribution in [-0.4, -0.2) is 24.7 Å². The van der Waals surface area contributed by atoms with E-state index in [0.29, 0.717) is 16.3 Å². The molecule has 1 aromatic rings. The molecule has 5 heteroatoms. The summed E-state index contributed by atoms with van der Waals surface area (Å²) in [7, 11) is 1.52. The molecule has 0 aliphatic rings. The Bertz CT molecular complexity index is 383. The van der Waals surface area contributed by atoms with Gasteiger partial charge in [0.15, 0.2) is 0 Å². The standard InChI is InChI=1S/C11H14ClNO3/c1-6-3-7(8(5-13)11(14)15)4-9(12)10(6)16-2/h3-4,8H,5,13H2,1-2H3,(H,14,15). The Hall–Kier alpha value is -1.26. The summed E-state index contributed by atoms with van der Waals surface area (Å²) in [4.78, 5) is 11.0. The maximum absolute atomic E-state index is 11.0. The van der Waals surface area contributed by atoms with Crippen LogP contribution in [0.25, 0.3) is 0 Å². The number of halogens is 1. The lowest BCUT2D eigenvalue weighted by molar-refractivity contribution is -0.138. The van der Waals surface area contributed by atoms with E-state index in [2.05, 4.69) is 0 Å². The zero-order valence-electron chi connectivity index (χ0n) is 9.16. The molecular weight excluding hydrogens is 230 g/mol. The minimum atomic E-state index is -0.955. The first-order chi connectivity index (χ1) is 7.51. The lowest BCUT2D eigenvalue weighted by Crippen LogP contribution is -2.21. The van der Waals surface area contributed by atoms with E-state index in [1.54, 1.807) is 12.1 Å². The number of hydrogen-bond acceptors (Lipinski definition) is 3. The van der Waals surface area contributed by atoms with Gasteiger partial charge in [0.1, 0.15) is 5.75 Å². The van der Waals surface area contributed by atoms with Crippen LogP contribution in [0.5, 0.6) is 5.75 Å². The molecule has 0 saturated heterocycles. The first-order valence-corrected chi connectivity index (χ1v) is 5.16. The molecular formula is C11H14ClNO3. The van der Waals surface area contributed by atoms with Gasteiger partial charge in [-0.3, -0.25) is 4.79 Å². The molecule has 0 spiro atoms. The molecule has 16 heavy (non-hydrogen) atoms. The molecule has 1 atom stereocenters. The quantitative estimate of drug-likeness (QED) is 0.846. The van der Waals surface area contributed by atoms with Crippen LogP contribution in [0, 0.1) is 6.92 Å². The minimum Gasteiger partial charge on any atom is -0.495 e. The molecule has 1 rings (SSSR count). The number of carbonyl (C=O) groups is 1. The van der Waals surface area contributed by atoms with Crippen molar-refractivity contribution in [2.24, 2.45) is 5.73 Å². The first-order valence-electron chi connectivity index (χ1n) is 4.78. The number of carboxylic acids is 1. The van der Waals surface area contributed by atoms with Crippen LogP contribution in [0.4, 0.5) is 0 Å². The van der Waals surface area contributed by atoms with E-state index in [1.807, 2.05) is 6.92 Å². The SMILES string of the molecule is COc1c(C)cc(C(CN)C(=O)O)cc1Cl. The van der Waals surface area contributed by atoms with Gasteiger partial charge in [0.05, 0.1) is 18.1 Å². The second-order valence-electron chi connectivity index (χ2n) is 3.48. The van der Waals surface area contributed by atoms with Crippen molar-refractivity contribution in [2.75, 3.05) is 13.7 Å². The molecule has 4 nitrogen and oxygen atoms in total. The van der Waals surface area contributed by atoms with Gasteiger partial charge in [-0.2, -0.15) is 0 Å². The summed E-state index contributed by atoms with van der Waals surface area (Å²) in [6.45, 7) is 1.85. The Balaban J connectivity index is 3.21. The van der Waals surface area contributed by atoms with Crippen LogP contribution in [-0.2, 0) is 4.79 Å².